The van der Waals surface area contributed by atoms with E-state index in [0.717, 1.165) is 5.56 Å². The Morgan fingerprint density at radius 2 is 2.15 bits per heavy atom. The second kappa shape index (κ2) is 5.47. The van der Waals surface area contributed by atoms with E-state index in [1.807, 2.05) is 30.3 Å². The molecule has 1 heterocycles. The molecule has 0 unspecified atom stereocenters. The fourth-order valence-corrected chi connectivity index (χ4v) is 3.15. The van der Waals surface area contributed by atoms with Crippen LogP contribution in [0.15, 0.2) is 30.3 Å². The number of nitrogens with zero attached hydrogens (tertiary/aromatic N) is 1. The van der Waals surface area contributed by atoms with E-state index in [9.17, 15) is 10.1 Å². The molecule has 6 nitrogen and oxygen atoms in total. The molecule has 0 amide bonds. The Labute approximate surface area is 116 Å². The van der Waals surface area contributed by atoms with Crippen LogP contribution in [0.4, 0.5) is 0 Å². The number of hydrogen-bond donors (Lipinski definition) is 0. The van der Waals surface area contributed by atoms with Crippen LogP contribution in [0.2, 0.25) is 0 Å². The molecule has 1 aromatic carbocycles. The summed E-state index contributed by atoms with van der Waals surface area (Å²) in [5.41, 5.74) is 1.05. The minimum atomic E-state index is -0.639. The van der Waals surface area contributed by atoms with E-state index in [-0.39, 0.29) is 23.0 Å². The Bertz CT molecular complexity index is 480. The van der Waals surface area contributed by atoms with Crippen LogP contribution >= 0.6 is 0 Å². The number of hydrogen-bond acceptors (Lipinski definition) is 5. The third kappa shape index (κ3) is 2.30. The molecular weight excluding hydrogens is 262 g/mol. The molecule has 20 heavy (non-hydrogen) atoms. The zero-order chi connectivity index (χ0) is 14.1. The van der Waals surface area contributed by atoms with Gasteiger partial charge in [0.05, 0.1) is 18.8 Å². The summed E-state index contributed by atoms with van der Waals surface area (Å²) in [5.74, 6) is -0.330. The van der Waals surface area contributed by atoms with Gasteiger partial charge in [-0.05, 0) is 5.56 Å². The van der Waals surface area contributed by atoms with Crippen molar-refractivity contribution in [2.45, 2.75) is 37.6 Å². The number of rotatable bonds is 5. The first-order valence-corrected chi connectivity index (χ1v) is 6.68. The smallest absolute Gasteiger partial charge is 0.226 e. The monoisotopic (exact) mass is 279 g/mol. The highest BCUT2D eigenvalue weighted by Crippen LogP contribution is 2.44. The molecule has 1 aliphatic carbocycles. The van der Waals surface area contributed by atoms with Gasteiger partial charge >= 0.3 is 0 Å². The summed E-state index contributed by atoms with van der Waals surface area (Å²) in [5, 5.41) is 11.1. The summed E-state index contributed by atoms with van der Waals surface area (Å²) in [6.45, 7) is 0.433. The maximum Gasteiger partial charge on any atom is 0.226 e. The van der Waals surface area contributed by atoms with Gasteiger partial charge in [0.15, 0.2) is 6.29 Å². The Balaban J connectivity index is 1.69. The van der Waals surface area contributed by atoms with Gasteiger partial charge in [0, 0.05) is 18.5 Å². The van der Waals surface area contributed by atoms with Crippen molar-refractivity contribution in [1.82, 2.24) is 0 Å². The van der Waals surface area contributed by atoms with E-state index in [4.69, 9.17) is 14.2 Å². The van der Waals surface area contributed by atoms with E-state index in [1.165, 1.54) is 7.11 Å². The van der Waals surface area contributed by atoms with Crippen LogP contribution in [0.25, 0.3) is 0 Å². The summed E-state index contributed by atoms with van der Waals surface area (Å²) >= 11 is 0. The van der Waals surface area contributed by atoms with Crippen molar-refractivity contribution in [3.05, 3.63) is 46.0 Å². The van der Waals surface area contributed by atoms with Crippen LogP contribution in [0.1, 0.15) is 12.0 Å². The molecule has 1 saturated carbocycles. The highest BCUT2D eigenvalue weighted by Gasteiger charge is 2.61. The lowest BCUT2D eigenvalue weighted by Crippen LogP contribution is -2.39. The fourth-order valence-electron chi connectivity index (χ4n) is 3.15. The largest absolute Gasteiger partial charge is 0.370 e. The first-order chi connectivity index (χ1) is 9.70. The predicted octanol–water partition coefficient (Wildman–Crippen LogP) is 1.61. The SMILES string of the molecule is CO[C@H]1O[C@@H]2C[C@@H]([N+](=O)[O-])[C@H]1[C@H]2OCc1ccccc1. The van der Waals surface area contributed by atoms with Crippen molar-refractivity contribution in [3.8, 4) is 0 Å². The van der Waals surface area contributed by atoms with Crippen molar-refractivity contribution < 1.29 is 19.1 Å². The standard InChI is InChI=1S/C14H17NO5/c1-18-14-12-10(15(16)17)7-11(20-14)13(12)19-8-9-5-3-2-4-6-9/h2-6,10-14H,7-8H2,1H3/t10-,11-,12+,13+,14+/m1/s1. The molecule has 2 aliphatic rings. The average Bonchev–Trinajstić information content (AvgIpc) is 3.00. The lowest BCUT2D eigenvalue weighted by Gasteiger charge is -2.22. The summed E-state index contributed by atoms with van der Waals surface area (Å²) in [4.78, 5) is 10.9. The molecule has 6 heteroatoms. The van der Waals surface area contributed by atoms with Crippen molar-refractivity contribution in [1.29, 1.82) is 0 Å². The summed E-state index contributed by atoms with van der Waals surface area (Å²) in [7, 11) is 1.51. The van der Waals surface area contributed by atoms with Crippen molar-refractivity contribution in [2.24, 2.45) is 5.92 Å². The molecule has 0 radical (unpaired) electrons. The minimum Gasteiger partial charge on any atom is -0.370 e. The highest BCUT2D eigenvalue weighted by atomic mass is 16.7. The zero-order valence-electron chi connectivity index (χ0n) is 11.2. The van der Waals surface area contributed by atoms with Crippen LogP contribution in [0, 0.1) is 16.0 Å². The lowest BCUT2D eigenvalue weighted by molar-refractivity contribution is -0.539. The van der Waals surface area contributed by atoms with E-state index >= 15 is 0 Å². The molecule has 108 valence electrons. The molecule has 1 aliphatic heterocycles. The van der Waals surface area contributed by atoms with Gasteiger partial charge in [-0.15, -0.1) is 0 Å². The number of benzene rings is 1. The van der Waals surface area contributed by atoms with Gasteiger partial charge in [-0.3, -0.25) is 10.1 Å². The van der Waals surface area contributed by atoms with Gasteiger partial charge in [-0.2, -0.15) is 0 Å². The van der Waals surface area contributed by atoms with Crippen LogP contribution in [0.5, 0.6) is 0 Å². The van der Waals surface area contributed by atoms with Gasteiger partial charge < -0.3 is 14.2 Å². The normalized spacial score (nSPS) is 35.4. The Kier molecular flexibility index (Phi) is 3.69. The number of nitro groups is 1. The molecule has 2 fully saturated rings. The highest BCUT2D eigenvalue weighted by molar-refractivity contribution is 5.13. The topological polar surface area (TPSA) is 70.8 Å². The molecular formula is C14H17NO5. The number of fused-ring (bicyclic) bond motifs is 2. The van der Waals surface area contributed by atoms with E-state index < -0.39 is 12.3 Å². The number of ether oxygens (including phenoxy) is 3. The van der Waals surface area contributed by atoms with Crippen molar-refractivity contribution in [3.63, 3.8) is 0 Å². The van der Waals surface area contributed by atoms with Crippen LogP contribution in [-0.2, 0) is 20.8 Å². The lowest BCUT2D eigenvalue weighted by atomic mass is 10.0. The first-order valence-electron chi connectivity index (χ1n) is 6.68. The predicted molar refractivity (Wildman–Crippen MR) is 69.6 cm³/mol. The first kappa shape index (κ1) is 13.5. The minimum absolute atomic E-state index is 0.238. The summed E-state index contributed by atoms with van der Waals surface area (Å²) in [6.07, 6.45) is -0.652. The Hall–Kier alpha value is -1.50. The molecule has 1 saturated heterocycles. The Morgan fingerprint density at radius 3 is 2.80 bits per heavy atom. The van der Waals surface area contributed by atoms with E-state index in [0.29, 0.717) is 13.0 Å². The van der Waals surface area contributed by atoms with Crippen LogP contribution in [-0.4, -0.2) is 36.6 Å². The maximum absolute atomic E-state index is 11.1. The molecule has 1 aromatic rings. The molecule has 0 N–H and O–H groups in total. The molecule has 5 atom stereocenters. The second-order valence-corrected chi connectivity index (χ2v) is 5.21. The van der Waals surface area contributed by atoms with Gasteiger partial charge in [0.25, 0.3) is 0 Å². The van der Waals surface area contributed by atoms with Crippen molar-refractivity contribution >= 4 is 0 Å². The molecule has 2 bridgehead atoms. The van der Waals surface area contributed by atoms with E-state index in [2.05, 4.69) is 0 Å². The summed E-state index contributed by atoms with van der Waals surface area (Å²) in [6, 6.07) is 9.12. The maximum atomic E-state index is 11.1. The van der Waals surface area contributed by atoms with Gasteiger partial charge in [0.2, 0.25) is 6.04 Å². The fraction of sp³-hybridized carbons (Fsp3) is 0.571. The Morgan fingerprint density at radius 1 is 1.40 bits per heavy atom. The van der Waals surface area contributed by atoms with Crippen molar-refractivity contribution in [2.75, 3.05) is 7.11 Å². The van der Waals surface area contributed by atoms with E-state index in [1.54, 1.807) is 0 Å². The second-order valence-electron chi connectivity index (χ2n) is 5.21. The third-order valence-electron chi connectivity index (χ3n) is 4.08. The van der Waals surface area contributed by atoms with Crippen LogP contribution < -0.4 is 0 Å². The third-order valence-corrected chi connectivity index (χ3v) is 4.08. The number of methoxy groups -OCH3 is 1. The molecule has 3 rings (SSSR count). The molecule has 0 aromatic heterocycles. The average molecular weight is 279 g/mol. The van der Waals surface area contributed by atoms with Gasteiger partial charge in [-0.1, -0.05) is 30.3 Å². The summed E-state index contributed by atoms with van der Waals surface area (Å²) < 4.78 is 16.7. The molecule has 0 spiro atoms. The quantitative estimate of drug-likeness (QED) is 0.605. The van der Waals surface area contributed by atoms with Crippen LogP contribution in [0.3, 0.4) is 0 Å². The van der Waals surface area contributed by atoms with Gasteiger partial charge in [0.1, 0.15) is 5.92 Å². The van der Waals surface area contributed by atoms with Gasteiger partial charge in [-0.25, -0.2) is 0 Å². The zero-order valence-corrected chi connectivity index (χ0v) is 11.2.